The molecule has 1 aliphatic carbocycles. The number of likely N-dealkylation sites (tertiary alicyclic amines) is 2. The molecule has 2 saturated heterocycles. The molecule has 2 heterocycles. The van der Waals surface area contributed by atoms with Crippen LogP contribution >= 0.6 is 0 Å². The lowest BCUT2D eigenvalue weighted by Gasteiger charge is -2.25. The van der Waals surface area contributed by atoms with Gasteiger partial charge in [-0.3, -0.25) is 24.2 Å². The molecule has 0 aromatic carbocycles. The normalized spacial score (nSPS) is 32.5. The number of nitrogens with zero attached hydrogens (tertiary/aromatic N) is 2. The summed E-state index contributed by atoms with van der Waals surface area (Å²) in [5.74, 6) is -1.39. The number of carbonyl (C=O) groups is 3. The maximum atomic E-state index is 12.5. The molecule has 3 fully saturated rings. The fraction of sp³-hybridized carbons (Fsp3) is 0.786. The molecule has 6 nitrogen and oxygen atoms in total. The highest BCUT2D eigenvalue weighted by Crippen LogP contribution is 2.31. The number of carboxylic acid groups (broad SMARTS) is 1. The number of hydrogen-bond donors (Lipinski definition) is 1. The smallest absolute Gasteiger partial charge is 0.307 e. The van der Waals surface area contributed by atoms with E-state index >= 15 is 0 Å². The first kappa shape index (κ1) is 13.5. The van der Waals surface area contributed by atoms with Crippen molar-refractivity contribution in [3.05, 3.63) is 0 Å². The summed E-state index contributed by atoms with van der Waals surface area (Å²) in [5, 5.41) is 9.03. The Hall–Kier alpha value is -1.43. The summed E-state index contributed by atoms with van der Waals surface area (Å²) >= 11 is 0. The van der Waals surface area contributed by atoms with Gasteiger partial charge in [0.25, 0.3) is 0 Å². The van der Waals surface area contributed by atoms with Crippen LogP contribution in [0.2, 0.25) is 0 Å². The molecule has 3 rings (SSSR count). The van der Waals surface area contributed by atoms with E-state index in [1.165, 1.54) is 4.90 Å². The van der Waals surface area contributed by atoms with Gasteiger partial charge in [-0.1, -0.05) is 12.8 Å². The first-order valence-electron chi connectivity index (χ1n) is 7.40. The Labute approximate surface area is 117 Å². The van der Waals surface area contributed by atoms with Crippen molar-refractivity contribution >= 4 is 17.8 Å². The molecule has 2 aliphatic heterocycles. The van der Waals surface area contributed by atoms with Crippen molar-refractivity contribution in [2.75, 3.05) is 13.1 Å². The van der Waals surface area contributed by atoms with Crippen LogP contribution in [0.5, 0.6) is 0 Å². The van der Waals surface area contributed by atoms with E-state index in [0.717, 1.165) is 25.7 Å². The van der Waals surface area contributed by atoms with Crippen LogP contribution in [0.25, 0.3) is 0 Å². The van der Waals surface area contributed by atoms with E-state index in [4.69, 9.17) is 5.11 Å². The molecular weight excluding hydrogens is 260 g/mol. The Kier molecular flexibility index (Phi) is 3.50. The summed E-state index contributed by atoms with van der Waals surface area (Å²) in [6.07, 6.45) is 4.79. The minimum atomic E-state index is -0.808. The first-order chi connectivity index (χ1) is 9.58. The van der Waals surface area contributed by atoms with Gasteiger partial charge in [0, 0.05) is 12.6 Å². The van der Waals surface area contributed by atoms with Crippen molar-refractivity contribution in [1.29, 1.82) is 0 Å². The van der Waals surface area contributed by atoms with Crippen LogP contribution in [-0.4, -0.2) is 57.9 Å². The molecule has 2 unspecified atom stereocenters. The van der Waals surface area contributed by atoms with Gasteiger partial charge in [0.2, 0.25) is 11.8 Å². The summed E-state index contributed by atoms with van der Waals surface area (Å²) < 4.78 is 0. The van der Waals surface area contributed by atoms with Gasteiger partial charge in [0.1, 0.15) is 0 Å². The number of hydrogen-bond acceptors (Lipinski definition) is 4. The van der Waals surface area contributed by atoms with Crippen LogP contribution in [-0.2, 0) is 14.4 Å². The van der Waals surface area contributed by atoms with Gasteiger partial charge >= 0.3 is 5.97 Å². The molecule has 1 N–H and O–H groups in total. The molecule has 0 bridgehead atoms. The Balaban J connectivity index is 1.68. The minimum Gasteiger partial charge on any atom is -0.481 e. The fourth-order valence-electron chi connectivity index (χ4n) is 3.74. The van der Waals surface area contributed by atoms with E-state index in [1.54, 1.807) is 0 Å². The number of imide groups is 1. The van der Waals surface area contributed by atoms with E-state index in [2.05, 4.69) is 0 Å². The molecule has 0 radical (unpaired) electrons. The maximum Gasteiger partial charge on any atom is 0.307 e. The van der Waals surface area contributed by atoms with Gasteiger partial charge < -0.3 is 5.11 Å². The molecule has 1 saturated carbocycles. The summed E-state index contributed by atoms with van der Waals surface area (Å²) in [4.78, 5) is 38.9. The fourth-order valence-corrected chi connectivity index (χ4v) is 3.74. The Morgan fingerprint density at radius 1 is 1.15 bits per heavy atom. The number of carboxylic acids is 1. The van der Waals surface area contributed by atoms with Crippen LogP contribution < -0.4 is 0 Å². The Morgan fingerprint density at radius 2 is 1.85 bits per heavy atom. The molecule has 2 atom stereocenters. The van der Waals surface area contributed by atoms with E-state index in [1.807, 2.05) is 4.90 Å². The third kappa shape index (κ3) is 2.22. The van der Waals surface area contributed by atoms with E-state index in [9.17, 15) is 14.4 Å². The van der Waals surface area contributed by atoms with Crippen molar-refractivity contribution in [1.82, 2.24) is 9.80 Å². The molecule has 3 aliphatic rings. The lowest BCUT2D eigenvalue weighted by atomic mass is 10.1. The largest absolute Gasteiger partial charge is 0.481 e. The average molecular weight is 280 g/mol. The van der Waals surface area contributed by atoms with Gasteiger partial charge in [-0.05, 0) is 25.8 Å². The van der Waals surface area contributed by atoms with Crippen LogP contribution in [0.4, 0.5) is 0 Å². The lowest BCUT2D eigenvalue weighted by Crippen LogP contribution is -2.44. The second-order valence-electron chi connectivity index (χ2n) is 6.08. The predicted molar refractivity (Wildman–Crippen MR) is 69.8 cm³/mol. The third-order valence-electron chi connectivity index (χ3n) is 4.86. The molecule has 20 heavy (non-hydrogen) atoms. The quantitative estimate of drug-likeness (QED) is 0.760. The van der Waals surface area contributed by atoms with E-state index < -0.39 is 17.9 Å². The number of amides is 2. The second kappa shape index (κ2) is 5.16. The highest BCUT2D eigenvalue weighted by atomic mass is 16.4. The molecule has 6 heteroatoms. The van der Waals surface area contributed by atoms with E-state index in [-0.39, 0.29) is 24.3 Å². The van der Waals surface area contributed by atoms with Gasteiger partial charge in [-0.2, -0.15) is 0 Å². The van der Waals surface area contributed by atoms with Crippen LogP contribution in [0.3, 0.4) is 0 Å². The van der Waals surface area contributed by atoms with E-state index in [0.29, 0.717) is 19.5 Å². The van der Waals surface area contributed by atoms with Crippen LogP contribution in [0.1, 0.15) is 38.5 Å². The van der Waals surface area contributed by atoms with Gasteiger partial charge in [0.05, 0.1) is 18.4 Å². The molecule has 0 spiro atoms. The van der Waals surface area contributed by atoms with Gasteiger partial charge in [0.15, 0.2) is 0 Å². The zero-order chi connectivity index (χ0) is 14.3. The zero-order valence-corrected chi connectivity index (χ0v) is 11.5. The number of aliphatic carboxylic acids is 1. The number of carbonyl (C=O) groups excluding carboxylic acids is 2. The van der Waals surface area contributed by atoms with Gasteiger partial charge in [-0.15, -0.1) is 0 Å². The average Bonchev–Trinajstić information content (AvgIpc) is 3.09. The third-order valence-corrected chi connectivity index (χ3v) is 4.86. The Bertz CT molecular complexity index is 444. The second-order valence-corrected chi connectivity index (χ2v) is 6.08. The lowest BCUT2D eigenvalue weighted by molar-refractivity contribution is -0.144. The van der Waals surface area contributed by atoms with Crippen LogP contribution in [0.15, 0.2) is 0 Å². The van der Waals surface area contributed by atoms with Crippen molar-refractivity contribution in [3.8, 4) is 0 Å². The molecule has 0 aromatic rings. The molecule has 110 valence electrons. The maximum absolute atomic E-state index is 12.5. The number of rotatable bonds is 3. The summed E-state index contributed by atoms with van der Waals surface area (Å²) in [7, 11) is 0. The summed E-state index contributed by atoms with van der Waals surface area (Å²) in [6, 6.07) is -0.342. The van der Waals surface area contributed by atoms with Crippen molar-refractivity contribution in [2.24, 2.45) is 5.92 Å². The first-order valence-corrected chi connectivity index (χ1v) is 7.40. The van der Waals surface area contributed by atoms with Crippen molar-refractivity contribution < 1.29 is 19.5 Å². The van der Waals surface area contributed by atoms with Crippen molar-refractivity contribution in [2.45, 2.75) is 50.6 Å². The van der Waals surface area contributed by atoms with Crippen molar-refractivity contribution in [3.63, 3.8) is 0 Å². The molecular formula is C14H20N2O4. The topological polar surface area (TPSA) is 77.9 Å². The van der Waals surface area contributed by atoms with Crippen LogP contribution in [0, 0.1) is 5.92 Å². The predicted octanol–water partition coefficient (Wildman–Crippen LogP) is 0.463. The standard InChI is InChI=1S/C14H20N2O4/c17-12-7-11(15-6-5-9(8-15)14(19)20)13(18)16(12)10-3-1-2-4-10/h9-11H,1-8H2,(H,19,20). The summed E-state index contributed by atoms with van der Waals surface area (Å²) in [5.41, 5.74) is 0. The minimum absolute atomic E-state index is 0.0781. The zero-order valence-electron chi connectivity index (χ0n) is 11.5. The highest BCUT2D eigenvalue weighted by Gasteiger charge is 2.47. The molecule has 2 amide bonds. The summed E-state index contributed by atoms with van der Waals surface area (Å²) in [6.45, 7) is 0.983. The highest BCUT2D eigenvalue weighted by molar-refractivity contribution is 6.06. The Morgan fingerprint density at radius 3 is 2.45 bits per heavy atom. The SMILES string of the molecule is O=C(O)C1CCN(C2CC(=O)N(C3CCCC3)C2=O)C1. The monoisotopic (exact) mass is 280 g/mol. The van der Waals surface area contributed by atoms with Gasteiger partial charge in [-0.25, -0.2) is 0 Å². The molecule has 0 aromatic heterocycles.